The van der Waals surface area contributed by atoms with Gasteiger partial charge in [0.25, 0.3) is 0 Å². The zero-order valence-electron chi connectivity index (χ0n) is 12.8. The summed E-state index contributed by atoms with van der Waals surface area (Å²) in [7, 11) is 0. The molecule has 0 fully saturated rings. The summed E-state index contributed by atoms with van der Waals surface area (Å²) in [5, 5.41) is 14.9. The Kier molecular flexibility index (Phi) is 5.76. The summed E-state index contributed by atoms with van der Waals surface area (Å²) in [6.07, 6.45) is 0. The summed E-state index contributed by atoms with van der Waals surface area (Å²) in [6.45, 7) is 6.52. The first-order valence-electron chi connectivity index (χ1n) is 7.03. The number of nitrogens with one attached hydrogen (secondary N) is 1. The van der Waals surface area contributed by atoms with Crippen molar-refractivity contribution in [3.05, 3.63) is 24.3 Å². The maximum absolute atomic E-state index is 12.0. The first kappa shape index (κ1) is 16.3. The molecule has 118 valence electrons. The largest absolute Gasteiger partial charge is 0.494 e. The van der Waals surface area contributed by atoms with E-state index in [4.69, 9.17) is 4.74 Å². The van der Waals surface area contributed by atoms with Crippen LogP contribution in [0.5, 0.6) is 5.75 Å². The van der Waals surface area contributed by atoms with Crippen molar-refractivity contribution in [2.24, 2.45) is 0 Å². The number of hydrogen-bond acceptors (Lipinski definition) is 6. The molecule has 0 atom stereocenters. The van der Waals surface area contributed by atoms with E-state index >= 15 is 0 Å². The SMILES string of the molecule is CCOc1ccc(NC(=O)CSc2nnnn2C(C)C)cc1. The van der Waals surface area contributed by atoms with Crippen LogP contribution in [-0.2, 0) is 4.79 Å². The number of aromatic nitrogens is 4. The highest BCUT2D eigenvalue weighted by Gasteiger charge is 2.12. The Morgan fingerprint density at radius 2 is 2.09 bits per heavy atom. The highest BCUT2D eigenvalue weighted by Crippen LogP contribution is 2.19. The van der Waals surface area contributed by atoms with E-state index in [2.05, 4.69) is 20.8 Å². The second-order valence-electron chi connectivity index (χ2n) is 4.79. The second kappa shape index (κ2) is 7.79. The summed E-state index contributed by atoms with van der Waals surface area (Å²) >= 11 is 1.31. The van der Waals surface area contributed by atoms with Gasteiger partial charge in [-0.25, -0.2) is 4.68 Å². The quantitative estimate of drug-likeness (QED) is 0.789. The van der Waals surface area contributed by atoms with Crippen LogP contribution in [0.1, 0.15) is 26.8 Å². The van der Waals surface area contributed by atoms with Gasteiger partial charge in [0.1, 0.15) is 5.75 Å². The lowest BCUT2D eigenvalue weighted by molar-refractivity contribution is -0.113. The molecule has 2 aromatic rings. The number of carbonyl (C=O) groups is 1. The van der Waals surface area contributed by atoms with Gasteiger partial charge in [0.2, 0.25) is 11.1 Å². The molecular weight excluding hydrogens is 302 g/mol. The van der Waals surface area contributed by atoms with Crippen LogP contribution in [0.25, 0.3) is 0 Å². The molecule has 0 saturated carbocycles. The van der Waals surface area contributed by atoms with E-state index < -0.39 is 0 Å². The lowest BCUT2D eigenvalue weighted by Crippen LogP contribution is -2.15. The summed E-state index contributed by atoms with van der Waals surface area (Å²) in [6, 6.07) is 7.43. The van der Waals surface area contributed by atoms with Crippen LogP contribution in [0.4, 0.5) is 5.69 Å². The molecule has 22 heavy (non-hydrogen) atoms. The van der Waals surface area contributed by atoms with E-state index in [1.54, 1.807) is 4.68 Å². The van der Waals surface area contributed by atoms with Gasteiger partial charge in [-0.05, 0) is 55.5 Å². The number of carbonyl (C=O) groups excluding carboxylic acids is 1. The Morgan fingerprint density at radius 3 is 2.73 bits per heavy atom. The van der Waals surface area contributed by atoms with Crippen molar-refractivity contribution in [3.63, 3.8) is 0 Å². The molecule has 0 spiro atoms. The minimum atomic E-state index is -0.104. The van der Waals surface area contributed by atoms with E-state index in [-0.39, 0.29) is 17.7 Å². The molecule has 0 aliphatic rings. The van der Waals surface area contributed by atoms with Gasteiger partial charge in [-0.2, -0.15) is 0 Å². The molecule has 1 N–H and O–H groups in total. The van der Waals surface area contributed by atoms with Crippen molar-refractivity contribution in [1.29, 1.82) is 0 Å². The molecule has 0 unspecified atom stereocenters. The van der Waals surface area contributed by atoms with Gasteiger partial charge < -0.3 is 10.1 Å². The van der Waals surface area contributed by atoms with Crippen LogP contribution in [0.3, 0.4) is 0 Å². The average Bonchev–Trinajstić information content (AvgIpc) is 2.96. The molecule has 0 saturated heterocycles. The van der Waals surface area contributed by atoms with Gasteiger partial charge in [0.15, 0.2) is 0 Å². The molecule has 0 radical (unpaired) electrons. The van der Waals surface area contributed by atoms with E-state index in [9.17, 15) is 4.79 Å². The fraction of sp³-hybridized carbons (Fsp3) is 0.429. The van der Waals surface area contributed by atoms with E-state index in [0.29, 0.717) is 11.8 Å². The summed E-state index contributed by atoms with van der Waals surface area (Å²) < 4.78 is 7.05. The molecule has 1 amide bonds. The van der Waals surface area contributed by atoms with Crippen LogP contribution in [0.2, 0.25) is 0 Å². The van der Waals surface area contributed by atoms with Crippen LogP contribution < -0.4 is 10.1 Å². The molecule has 1 aromatic heterocycles. The van der Waals surface area contributed by atoms with Crippen molar-refractivity contribution in [2.75, 3.05) is 17.7 Å². The van der Waals surface area contributed by atoms with Gasteiger partial charge in [-0.1, -0.05) is 11.8 Å². The van der Waals surface area contributed by atoms with Gasteiger partial charge in [0.05, 0.1) is 18.4 Å². The Labute approximate surface area is 133 Å². The van der Waals surface area contributed by atoms with Crippen LogP contribution in [0, 0.1) is 0 Å². The monoisotopic (exact) mass is 321 g/mol. The molecule has 7 nitrogen and oxygen atoms in total. The summed E-state index contributed by atoms with van der Waals surface area (Å²) in [5.74, 6) is 0.929. The standard InChI is InChI=1S/C14H19N5O2S/c1-4-21-12-7-5-11(6-8-12)15-13(20)9-22-14-16-17-18-19(14)10(2)3/h5-8,10H,4,9H2,1-3H3,(H,15,20). The Bertz CT molecular complexity index is 612. The Balaban J connectivity index is 1.86. The van der Waals surface area contributed by atoms with Crippen molar-refractivity contribution in [2.45, 2.75) is 32.0 Å². The number of rotatable bonds is 7. The second-order valence-corrected chi connectivity index (χ2v) is 5.74. The van der Waals surface area contributed by atoms with Crippen LogP contribution in [0.15, 0.2) is 29.4 Å². The van der Waals surface area contributed by atoms with Crippen molar-refractivity contribution < 1.29 is 9.53 Å². The predicted molar refractivity (Wildman–Crippen MR) is 85.2 cm³/mol. The van der Waals surface area contributed by atoms with E-state index in [1.165, 1.54) is 11.8 Å². The molecule has 0 aliphatic heterocycles. The minimum absolute atomic E-state index is 0.104. The number of thioether (sulfide) groups is 1. The van der Waals surface area contributed by atoms with Gasteiger partial charge in [-0.3, -0.25) is 4.79 Å². The van der Waals surface area contributed by atoms with Gasteiger partial charge >= 0.3 is 0 Å². The smallest absolute Gasteiger partial charge is 0.234 e. The number of benzene rings is 1. The van der Waals surface area contributed by atoms with Crippen LogP contribution >= 0.6 is 11.8 Å². The summed E-state index contributed by atoms with van der Waals surface area (Å²) in [5.41, 5.74) is 0.734. The van der Waals surface area contributed by atoms with Crippen LogP contribution in [-0.4, -0.2) is 38.5 Å². The minimum Gasteiger partial charge on any atom is -0.494 e. The zero-order chi connectivity index (χ0) is 15.9. The molecule has 8 heteroatoms. The van der Waals surface area contributed by atoms with Gasteiger partial charge in [0, 0.05) is 5.69 Å². The molecule has 0 aliphatic carbocycles. The highest BCUT2D eigenvalue weighted by atomic mass is 32.2. The first-order chi connectivity index (χ1) is 10.6. The van der Waals surface area contributed by atoms with Crippen molar-refractivity contribution >= 4 is 23.4 Å². The predicted octanol–water partition coefficient (Wildman–Crippen LogP) is 2.38. The first-order valence-corrected chi connectivity index (χ1v) is 8.02. The fourth-order valence-electron chi connectivity index (χ4n) is 1.73. The molecule has 1 heterocycles. The molecular formula is C14H19N5O2S. The molecule has 1 aromatic carbocycles. The van der Waals surface area contributed by atoms with Gasteiger partial charge in [-0.15, -0.1) is 5.10 Å². The normalized spacial score (nSPS) is 10.7. The van der Waals surface area contributed by atoms with E-state index in [0.717, 1.165) is 11.4 Å². The number of ether oxygens (including phenoxy) is 1. The average molecular weight is 321 g/mol. The third kappa shape index (κ3) is 4.45. The highest BCUT2D eigenvalue weighted by molar-refractivity contribution is 7.99. The number of amides is 1. The number of nitrogens with zero attached hydrogens (tertiary/aromatic N) is 4. The maximum atomic E-state index is 12.0. The lowest BCUT2D eigenvalue weighted by Gasteiger charge is -2.08. The third-order valence-electron chi connectivity index (χ3n) is 2.73. The lowest BCUT2D eigenvalue weighted by atomic mass is 10.3. The zero-order valence-corrected chi connectivity index (χ0v) is 13.6. The number of tetrazole rings is 1. The number of hydrogen-bond donors (Lipinski definition) is 1. The Hall–Kier alpha value is -2.09. The number of anilines is 1. The Morgan fingerprint density at radius 1 is 1.36 bits per heavy atom. The topological polar surface area (TPSA) is 81.9 Å². The third-order valence-corrected chi connectivity index (χ3v) is 3.67. The van der Waals surface area contributed by atoms with E-state index in [1.807, 2.05) is 45.0 Å². The maximum Gasteiger partial charge on any atom is 0.234 e. The van der Waals surface area contributed by atoms with Crippen molar-refractivity contribution in [1.82, 2.24) is 20.2 Å². The summed E-state index contributed by atoms with van der Waals surface area (Å²) in [4.78, 5) is 12.0. The molecule has 0 bridgehead atoms. The van der Waals surface area contributed by atoms with Crippen molar-refractivity contribution in [3.8, 4) is 5.75 Å². The fourth-order valence-corrected chi connectivity index (χ4v) is 2.54. The molecule has 2 rings (SSSR count).